The van der Waals surface area contributed by atoms with Gasteiger partial charge in [0.1, 0.15) is 17.6 Å². The molecule has 1 heterocycles. The van der Waals surface area contributed by atoms with Gasteiger partial charge in [-0.2, -0.15) is 5.26 Å². The molecular weight excluding hydrogens is 283 g/mol. The molecule has 0 bridgehead atoms. The average molecular weight is 296 g/mol. The van der Waals surface area contributed by atoms with E-state index in [0.717, 1.165) is 11.3 Å². The van der Waals surface area contributed by atoms with Crippen molar-refractivity contribution in [2.45, 2.75) is 12.6 Å². The average Bonchev–Trinajstić information content (AvgIpc) is 2.79. The number of amides is 1. The monoisotopic (exact) mass is 296 g/mol. The van der Waals surface area contributed by atoms with Crippen LogP contribution in [0.2, 0.25) is 0 Å². The fourth-order valence-corrected chi connectivity index (χ4v) is 2.62. The summed E-state index contributed by atoms with van der Waals surface area (Å²) in [6.45, 7) is 0.289. The van der Waals surface area contributed by atoms with Crippen molar-refractivity contribution in [1.29, 1.82) is 5.26 Å². The maximum absolute atomic E-state index is 13.4. The van der Waals surface area contributed by atoms with E-state index in [0.29, 0.717) is 11.1 Å². The minimum Gasteiger partial charge on any atom is -0.497 e. The van der Waals surface area contributed by atoms with E-state index in [-0.39, 0.29) is 12.5 Å². The molecular formula is C17H13FN2O2. The summed E-state index contributed by atoms with van der Waals surface area (Å²) in [5.41, 5.74) is 1.70. The van der Waals surface area contributed by atoms with Gasteiger partial charge in [-0.25, -0.2) is 4.39 Å². The number of carbonyl (C=O) groups is 1. The summed E-state index contributed by atoms with van der Waals surface area (Å²) in [6.07, 6.45) is 0. The molecule has 1 amide bonds. The van der Waals surface area contributed by atoms with Crippen molar-refractivity contribution in [3.8, 4) is 11.8 Å². The van der Waals surface area contributed by atoms with Gasteiger partial charge in [-0.1, -0.05) is 12.1 Å². The fraction of sp³-hybridized carbons (Fsp3) is 0.176. The Morgan fingerprint density at radius 2 is 2.00 bits per heavy atom. The second-order valence-electron chi connectivity index (χ2n) is 5.04. The Morgan fingerprint density at radius 1 is 1.27 bits per heavy atom. The van der Waals surface area contributed by atoms with Gasteiger partial charge in [-0.3, -0.25) is 4.79 Å². The second-order valence-corrected chi connectivity index (χ2v) is 5.04. The molecule has 1 atom stereocenters. The van der Waals surface area contributed by atoms with Gasteiger partial charge in [0.2, 0.25) is 0 Å². The predicted molar refractivity (Wildman–Crippen MR) is 77.6 cm³/mol. The molecule has 22 heavy (non-hydrogen) atoms. The quantitative estimate of drug-likeness (QED) is 0.874. The van der Waals surface area contributed by atoms with Crippen molar-refractivity contribution in [3.05, 3.63) is 65.0 Å². The van der Waals surface area contributed by atoms with Gasteiger partial charge in [-0.15, -0.1) is 0 Å². The smallest absolute Gasteiger partial charge is 0.255 e. The van der Waals surface area contributed by atoms with Gasteiger partial charge >= 0.3 is 0 Å². The van der Waals surface area contributed by atoms with Gasteiger partial charge in [-0.05, 0) is 35.9 Å². The van der Waals surface area contributed by atoms with E-state index in [9.17, 15) is 14.4 Å². The van der Waals surface area contributed by atoms with E-state index in [1.807, 2.05) is 12.1 Å². The third-order valence-electron chi connectivity index (χ3n) is 3.75. The molecule has 0 N–H and O–H groups in total. The largest absolute Gasteiger partial charge is 0.497 e. The van der Waals surface area contributed by atoms with Crippen LogP contribution in [-0.2, 0) is 6.54 Å². The first kappa shape index (κ1) is 14.1. The molecule has 0 aliphatic carbocycles. The van der Waals surface area contributed by atoms with E-state index in [4.69, 9.17) is 4.74 Å². The Bertz CT molecular complexity index is 765. The maximum atomic E-state index is 13.4. The first-order valence-electron chi connectivity index (χ1n) is 6.77. The van der Waals surface area contributed by atoms with Crippen LogP contribution in [-0.4, -0.2) is 17.9 Å². The first-order valence-corrected chi connectivity index (χ1v) is 6.77. The van der Waals surface area contributed by atoms with Gasteiger partial charge in [0, 0.05) is 17.7 Å². The lowest BCUT2D eigenvalue weighted by Crippen LogP contribution is -2.26. The summed E-state index contributed by atoms with van der Waals surface area (Å²) in [5.74, 6) is 0.0224. The molecule has 0 fully saturated rings. The number of nitrogens with zero attached hydrogens (tertiary/aromatic N) is 2. The van der Waals surface area contributed by atoms with Crippen molar-refractivity contribution < 1.29 is 13.9 Å². The summed E-state index contributed by atoms with van der Waals surface area (Å²) in [7, 11) is 1.58. The third-order valence-corrected chi connectivity index (χ3v) is 3.75. The molecule has 5 heteroatoms. The number of methoxy groups -OCH3 is 1. The molecule has 4 nitrogen and oxygen atoms in total. The van der Waals surface area contributed by atoms with Crippen LogP contribution in [0.4, 0.5) is 4.39 Å². The summed E-state index contributed by atoms with van der Waals surface area (Å²) in [5, 5.41) is 9.37. The summed E-state index contributed by atoms with van der Waals surface area (Å²) >= 11 is 0. The Labute approximate surface area is 127 Å². The molecule has 1 aliphatic heterocycles. The van der Waals surface area contributed by atoms with Gasteiger partial charge in [0.25, 0.3) is 5.91 Å². The van der Waals surface area contributed by atoms with E-state index < -0.39 is 11.9 Å². The molecule has 2 aromatic carbocycles. The number of carbonyl (C=O) groups excluding carboxylic acids is 1. The van der Waals surface area contributed by atoms with Gasteiger partial charge in [0.05, 0.1) is 13.2 Å². The number of halogens is 1. The fourth-order valence-electron chi connectivity index (χ4n) is 2.62. The molecule has 0 spiro atoms. The molecule has 0 aromatic heterocycles. The first-order chi connectivity index (χ1) is 10.6. The minimum absolute atomic E-state index is 0.252. The Hall–Kier alpha value is -2.87. The van der Waals surface area contributed by atoms with Crippen molar-refractivity contribution in [2.75, 3.05) is 7.11 Å². The third kappa shape index (κ3) is 2.29. The summed E-state index contributed by atoms with van der Waals surface area (Å²) in [4.78, 5) is 13.9. The number of hydrogen-bond acceptors (Lipinski definition) is 3. The molecule has 1 unspecified atom stereocenters. The highest BCUT2D eigenvalue weighted by Crippen LogP contribution is 2.34. The van der Waals surface area contributed by atoms with Gasteiger partial charge in [0.15, 0.2) is 0 Å². The number of hydrogen-bond donors (Lipinski definition) is 0. The highest BCUT2D eigenvalue weighted by Gasteiger charge is 2.36. The number of fused-ring (bicyclic) bond motifs is 1. The van der Waals surface area contributed by atoms with Gasteiger partial charge < -0.3 is 9.64 Å². The zero-order valence-corrected chi connectivity index (χ0v) is 11.9. The van der Waals surface area contributed by atoms with Crippen molar-refractivity contribution in [1.82, 2.24) is 4.90 Å². The van der Waals surface area contributed by atoms with Crippen LogP contribution in [0.1, 0.15) is 27.5 Å². The normalized spacial score (nSPS) is 16.3. The predicted octanol–water partition coefficient (Wildman–Crippen LogP) is 3.05. The van der Waals surface area contributed by atoms with Crippen LogP contribution in [0.15, 0.2) is 42.5 Å². The van der Waals surface area contributed by atoms with Crippen LogP contribution < -0.4 is 4.74 Å². The Morgan fingerprint density at radius 3 is 2.64 bits per heavy atom. The van der Waals surface area contributed by atoms with Crippen molar-refractivity contribution in [3.63, 3.8) is 0 Å². The number of rotatable bonds is 3. The Balaban J connectivity index is 1.91. The SMILES string of the molecule is COc1ccc(CN2C(=O)c3ccc(F)cc3C2C#N)cc1. The number of benzene rings is 2. The second kappa shape index (κ2) is 5.49. The number of ether oxygens (including phenoxy) is 1. The lowest BCUT2D eigenvalue weighted by Gasteiger charge is -2.20. The van der Waals surface area contributed by atoms with Crippen LogP contribution >= 0.6 is 0 Å². The van der Waals surface area contributed by atoms with Crippen molar-refractivity contribution in [2.24, 2.45) is 0 Å². The lowest BCUT2D eigenvalue weighted by molar-refractivity contribution is 0.0744. The maximum Gasteiger partial charge on any atom is 0.255 e. The van der Waals surface area contributed by atoms with Crippen LogP contribution in [0, 0.1) is 17.1 Å². The zero-order chi connectivity index (χ0) is 15.7. The highest BCUT2D eigenvalue weighted by atomic mass is 19.1. The van der Waals surface area contributed by atoms with E-state index in [2.05, 4.69) is 6.07 Å². The van der Waals surface area contributed by atoms with Crippen LogP contribution in [0.3, 0.4) is 0 Å². The van der Waals surface area contributed by atoms with E-state index in [1.165, 1.54) is 23.1 Å². The van der Waals surface area contributed by atoms with E-state index >= 15 is 0 Å². The molecule has 0 saturated carbocycles. The molecule has 0 radical (unpaired) electrons. The van der Waals surface area contributed by atoms with E-state index in [1.54, 1.807) is 19.2 Å². The summed E-state index contributed by atoms with van der Waals surface area (Å²) in [6, 6.07) is 12.5. The molecule has 0 saturated heterocycles. The molecule has 3 rings (SSSR count). The molecule has 2 aromatic rings. The number of nitriles is 1. The topological polar surface area (TPSA) is 53.3 Å². The molecule has 1 aliphatic rings. The highest BCUT2D eigenvalue weighted by molar-refractivity contribution is 5.99. The standard InChI is InChI=1S/C17H13FN2O2/c1-22-13-5-2-11(3-6-13)10-20-16(9-19)15-8-12(18)4-7-14(15)17(20)21/h2-8,16H,10H2,1H3. The lowest BCUT2D eigenvalue weighted by atomic mass is 10.1. The zero-order valence-electron chi connectivity index (χ0n) is 11.9. The Kier molecular flexibility index (Phi) is 3.51. The van der Waals surface area contributed by atoms with Crippen LogP contribution in [0.25, 0.3) is 0 Å². The van der Waals surface area contributed by atoms with Crippen molar-refractivity contribution >= 4 is 5.91 Å². The van der Waals surface area contributed by atoms with Crippen LogP contribution in [0.5, 0.6) is 5.75 Å². The molecule has 110 valence electrons. The minimum atomic E-state index is -0.764. The summed E-state index contributed by atoms with van der Waals surface area (Å²) < 4.78 is 18.5.